The Morgan fingerprint density at radius 1 is 1.31 bits per heavy atom. The molecule has 5 rings (SSSR count). The number of carbonyl (C=O) groups excluding carboxylic acids is 1. The van der Waals surface area contributed by atoms with Gasteiger partial charge in [-0.25, -0.2) is 4.79 Å². The van der Waals surface area contributed by atoms with Crippen molar-refractivity contribution in [2.75, 3.05) is 20.7 Å². The fourth-order valence-corrected chi connectivity index (χ4v) is 6.29. The lowest BCUT2D eigenvalue weighted by molar-refractivity contribution is -0.0377. The van der Waals surface area contributed by atoms with Gasteiger partial charge in [0.15, 0.2) is 11.5 Å². The molecule has 1 aromatic carbocycles. The van der Waals surface area contributed by atoms with Crippen LogP contribution in [0.25, 0.3) is 0 Å². The van der Waals surface area contributed by atoms with Gasteiger partial charge in [0.25, 0.3) is 0 Å². The Labute approximate surface area is 175 Å². The third-order valence-corrected chi connectivity index (χ3v) is 7.76. The molecule has 3 aliphatic rings. The Morgan fingerprint density at radius 2 is 2.17 bits per heavy atom. The smallest absolute Gasteiger partial charge is 0.339 e. The van der Waals surface area contributed by atoms with Crippen molar-refractivity contribution < 1.29 is 19.0 Å². The molecule has 29 heavy (non-hydrogen) atoms. The van der Waals surface area contributed by atoms with Gasteiger partial charge in [-0.1, -0.05) is 13.0 Å². The van der Waals surface area contributed by atoms with Gasteiger partial charge < -0.3 is 19.1 Å². The molecule has 0 bridgehead atoms. The number of esters is 1. The maximum absolute atomic E-state index is 12.5. The normalized spacial score (nSPS) is 30.7. The van der Waals surface area contributed by atoms with Gasteiger partial charge in [0.2, 0.25) is 0 Å². The van der Waals surface area contributed by atoms with Crippen molar-refractivity contribution in [1.82, 2.24) is 4.90 Å². The summed E-state index contributed by atoms with van der Waals surface area (Å²) in [6.07, 6.45) is 2.51. The fraction of sp³-hybridized carbons (Fsp3) is 0.522. The first-order chi connectivity index (χ1) is 14.0. The molecule has 2 aromatic rings. The van der Waals surface area contributed by atoms with Gasteiger partial charge >= 0.3 is 5.97 Å². The summed E-state index contributed by atoms with van der Waals surface area (Å²) in [6.45, 7) is 4.25. The van der Waals surface area contributed by atoms with E-state index < -0.39 is 0 Å². The van der Waals surface area contributed by atoms with Crippen LogP contribution in [0.1, 0.15) is 47.7 Å². The summed E-state index contributed by atoms with van der Waals surface area (Å²) in [5.74, 6) is 1.83. The zero-order valence-corrected chi connectivity index (χ0v) is 18.0. The van der Waals surface area contributed by atoms with Crippen LogP contribution in [0, 0.1) is 5.92 Å². The summed E-state index contributed by atoms with van der Waals surface area (Å²) >= 11 is 1.51. The predicted molar refractivity (Wildman–Crippen MR) is 112 cm³/mol. The van der Waals surface area contributed by atoms with Gasteiger partial charge in [0.05, 0.1) is 12.7 Å². The van der Waals surface area contributed by atoms with Crippen LogP contribution in [0.5, 0.6) is 11.5 Å². The molecule has 1 fully saturated rings. The standard InChI is InChI=1S/C23H27NO4S/c1-14-10-17(27-22(25)16-6-9-29-13-16)11-19-23(14)7-8-24(2)12-15-4-5-18(26-3)21(28-19)20(15)23/h4-6,9,13-14,17,19H,7-8,10-12H2,1-3H3/t14?,17-,19?,23+/m0/s1. The van der Waals surface area contributed by atoms with Crippen molar-refractivity contribution in [1.29, 1.82) is 0 Å². The number of nitrogens with zero attached hydrogens (tertiary/aromatic N) is 1. The summed E-state index contributed by atoms with van der Waals surface area (Å²) < 4.78 is 18.1. The van der Waals surface area contributed by atoms with E-state index in [0.29, 0.717) is 11.5 Å². The minimum atomic E-state index is -0.228. The first-order valence-electron chi connectivity index (χ1n) is 10.3. The second-order valence-corrected chi connectivity index (χ2v) is 9.46. The zero-order chi connectivity index (χ0) is 20.2. The highest BCUT2D eigenvalue weighted by atomic mass is 32.1. The van der Waals surface area contributed by atoms with Crippen molar-refractivity contribution in [2.24, 2.45) is 5.92 Å². The maximum Gasteiger partial charge on any atom is 0.339 e. The predicted octanol–water partition coefficient (Wildman–Crippen LogP) is 4.25. The lowest BCUT2D eigenvalue weighted by atomic mass is 9.59. The molecule has 1 aromatic heterocycles. The second-order valence-electron chi connectivity index (χ2n) is 8.68. The topological polar surface area (TPSA) is 48.0 Å². The number of ether oxygens (including phenoxy) is 3. The molecule has 2 aliphatic heterocycles. The fourth-order valence-electron chi connectivity index (χ4n) is 5.67. The van der Waals surface area contributed by atoms with Crippen LogP contribution in [0.3, 0.4) is 0 Å². The van der Waals surface area contributed by atoms with E-state index in [2.05, 4.69) is 24.9 Å². The lowest BCUT2D eigenvalue weighted by Gasteiger charge is -2.46. The molecule has 0 N–H and O–H groups in total. The van der Waals surface area contributed by atoms with Crippen LogP contribution in [0.4, 0.5) is 0 Å². The number of carbonyl (C=O) groups is 1. The lowest BCUT2D eigenvalue weighted by Crippen LogP contribution is -2.52. The molecule has 3 heterocycles. The third kappa shape index (κ3) is 2.88. The Bertz CT molecular complexity index is 927. The quantitative estimate of drug-likeness (QED) is 0.704. The van der Waals surface area contributed by atoms with Crippen molar-refractivity contribution in [2.45, 2.75) is 50.4 Å². The van der Waals surface area contributed by atoms with Crippen molar-refractivity contribution in [3.63, 3.8) is 0 Å². The number of hydrogen-bond acceptors (Lipinski definition) is 6. The SMILES string of the molecule is COc1ccc2c3c1OC1C[C@@H](OC(=O)c4ccsc4)CC(C)[C@@]31CCN(C)C2. The van der Waals surface area contributed by atoms with Crippen LogP contribution < -0.4 is 9.47 Å². The Balaban J connectivity index is 1.49. The first-order valence-corrected chi connectivity index (χ1v) is 11.3. The Kier molecular flexibility index (Phi) is 4.59. The highest BCUT2D eigenvalue weighted by Gasteiger charge is 2.58. The molecule has 2 unspecified atom stereocenters. The van der Waals surface area contributed by atoms with E-state index >= 15 is 0 Å². The Morgan fingerprint density at radius 3 is 2.93 bits per heavy atom. The number of hydrogen-bond donors (Lipinski definition) is 0. The van der Waals surface area contributed by atoms with Crippen molar-refractivity contribution >= 4 is 17.3 Å². The highest BCUT2D eigenvalue weighted by Crippen LogP contribution is 2.59. The third-order valence-electron chi connectivity index (χ3n) is 7.08. The maximum atomic E-state index is 12.5. The van der Waals surface area contributed by atoms with Gasteiger partial charge in [0, 0.05) is 29.3 Å². The summed E-state index contributed by atoms with van der Waals surface area (Å²) in [4.78, 5) is 14.9. The average molecular weight is 414 g/mol. The Hall–Kier alpha value is -2.05. The highest BCUT2D eigenvalue weighted by molar-refractivity contribution is 7.08. The molecule has 5 nitrogen and oxygen atoms in total. The van der Waals surface area contributed by atoms with E-state index in [-0.39, 0.29) is 23.6 Å². The van der Waals surface area contributed by atoms with Crippen LogP contribution in [-0.2, 0) is 16.7 Å². The van der Waals surface area contributed by atoms with Crippen LogP contribution in [0.2, 0.25) is 0 Å². The van der Waals surface area contributed by atoms with E-state index in [1.807, 2.05) is 22.9 Å². The molecule has 1 saturated carbocycles. The summed E-state index contributed by atoms with van der Waals surface area (Å²) in [5.41, 5.74) is 3.26. The average Bonchev–Trinajstić information content (AvgIpc) is 3.30. The first kappa shape index (κ1) is 18.9. The number of benzene rings is 1. The van der Waals surface area contributed by atoms with Crippen molar-refractivity contribution in [3.8, 4) is 11.5 Å². The van der Waals surface area contributed by atoms with E-state index in [4.69, 9.17) is 14.2 Å². The minimum absolute atomic E-state index is 0.00285. The summed E-state index contributed by atoms with van der Waals surface area (Å²) in [6, 6.07) is 6.04. The molecule has 1 aliphatic carbocycles. The van der Waals surface area contributed by atoms with Gasteiger partial charge in [-0.15, -0.1) is 0 Å². The molecule has 154 valence electrons. The molecule has 0 amide bonds. The number of methoxy groups -OCH3 is 1. The van der Waals surface area contributed by atoms with Gasteiger partial charge in [-0.2, -0.15) is 11.3 Å². The van der Waals surface area contributed by atoms with E-state index in [1.54, 1.807) is 7.11 Å². The second kappa shape index (κ2) is 7.03. The monoisotopic (exact) mass is 413 g/mol. The van der Waals surface area contributed by atoms with Gasteiger partial charge in [0.1, 0.15) is 12.2 Å². The molecule has 0 saturated heterocycles. The summed E-state index contributed by atoms with van der Waals surface area (Å²) in [5, 5.41) is 3.75. The minimum Gasteiger partial charge on any atom is -0.493 e. The molecular formula is C23H27NO4S. The summed E-state index contributed by atoms with van der Waals surface area (Å²) in [7, 11) is 3.89. The van der Waals surface area contributed by atoms with Crippen LogP contribution >= 0.6 is 11.3 Å². The van der Waals surface area contributed by atoms with Crippen LogP contribution in [0.15, 0.2) is 29.0 Å². The molecule has 0 radical (unpaired) electrons. The van der Waals surface area contributed by atoms with Gasteiger partial charge in [-0.05, 0) is 55.4 Å². The van der Waals surface area contributed by atoms with Crippen LogP contribution in [-0.4, -0.2) is 43.8 Å². The van der Waals surface area contributed by atoms with Gasteiger partial charge in [-0.3, -0.25) is 0 Å². The zero-order valence-electron chi connectivity index (χ0n) is 17.1. The molecular weight excluding hydrogens is 386 g/mol. The largest absolute Gasteiger partial charge is 0.493 e. The van der Waals surface area contributed by atoms with E-state index in [9.17, 15) is 4.79 Å². The number of thiophene rings is 1. The van der Waals surface area contributed by atoms with E-state index in [1.165, 1.54) is 22.5 Å². The number of rotatable bonds is 3. The molecule has 4 atom stereocenters. The molecule has 1 spiro atoms. The van der Waals surface area contributed by atoms with E-state index in [0.717, 1.165) is 43.9 Å². The molecule has 6 heteroatoms. The van der Waals surface area contributed by atoms with Crippen molar-refractivity contribution in [3.05, 3.63) is 45.6 Å².